The third-order valence-electron chi connectivity index (χ3n) is 1.39. The summed E-state index contributed by atoms with van der Waals surface area (Å²) in [7, 11) is 0. The van der Waals surface area contributed by atoms with E-state index in [-0.39, 0.29) is 12.8 Å². The highest BCUT2D eigenvalue weighted by Crippen LogP contribution is 1.98. The molecule has 0 radical (unpaired) electrons. The standard InChI is InChI=1S/C6H10O4.C3H6O3/c7-5(8)3-1-2-4-6(9)10;1-2(4)3(5)6/h1-4H2,(H,7,8)(H,9,10);2,4H,1H3,(H,5,6). The zero-order chi connectivity index (χ0) is 13.1. The van der Waals surface area contributed by atoms with Gasteiger partial charge in [0.05, 0.1) is 0 Å². The van der Waals surface area contributed by atoms with Crippen molar-refractivity contribution in [2.24, 2.45) is 0 Å². The summed E-state index contributed by atoms with van der Waals surface area (Å²) in [5.74, 6) is -2.93. The Balaban J connectivity index is 0. The minimum absolute atomic E-state index is 0.0628. The number of carbonyl (C=O) groups is 3. The van der Waals surface area contributed by atoms with Crippen molar-refractivity contribution in [2.45, 2.75) is 38.7 Å². The van der Waals surface area contributed by atoms with E-state index < -0.39 is 24.0 Å². The van der Waals surface area contributed by atoms with Crippen LogP contribution in [0, 0.1) is 0 Å². The van der Waals surface area contributed by atoms with E-state index in [9.17, 15) is 14.4 Å². The average Bonchev–Trinajstić information content (AvgIpc) is 2.12. The second kappa shape index (κ2) is 9.91. The summed E-state index contributed by atoms with van der Waals surface area (Å²) in [4.78, 5) is 29.2. The SMILES string of the molecule is CC(O)C(=O)O.O=C(O)CCCCC(=O)O. The molecule has 1 atom stereocenters. The predicted molar refractivity (Wildman–Crippen MR) is 53.1 cm³/mol. The van der Waals surface area contributed by atoms with Gasteiger partial charge in [0.15, 0.2) is 0 Å². The molecule has 0 rings (SSSR count). The van der Waals surface area contributed by atoms with Crippen molar-refractivity contribution < 1.29 is 34.8 Å². The Morgan fingerprint density at radius 3 is 1.31 bits per heavy atom. The first-order valence-corrected chi connectivity index (χ1v) is 4.61. The molecule has 7 heteroatoms. The van der Waals surface area contributed by atoms with E-state index in [1.807, 2.05) is 0 Å². The van der Waals surface area contributed by atoms with Crippen LogP contribution >= 0.6 is 0 Å². The van der Waals surface area contributed by atoms with Crippen LogP contribution in [0.1, 0.15) is 32.6 Å². The van der Waals surface area contributed by atoms with Crippen molar-refractivity contribution in [3.05, 3.63) is 0 Å². The Morgan fingerprint density at radius 2 is 1.19 bits per heavy atom. The number of aliphatic hydroxyl groups excluding tert-OH is 1. The van der Waals surface area contributed by atoms with Crippen molar-refractivity contribution in [1.82, 2.24) is 0 Å². The van der Waals surface area contributed by atoms with E-state index in [0.717, 1.165) is 0 Å². The van der Waals surface area contributed by atoms with Crippen LogP contribution in [0.3, 0.4) is 0 Å². The molecule has 0 aromatic heterocycles. The second-order valence-electron chi connectivity index (χ2n) is 3.01. The summed E-state index contributed by atoms with van der Waals surface area (Å²) < 4.78 is 0. The summed E-state index contributed by atoms with van der Waals surface area (Å²) in [6.07, 6.45) is -0.214. The summed E-state index contributed by atoms with van der Waals surface area (Å²) in [5, 5.41) is 32.0. The number of carboxylic acids is 3. The van der Waals surface area contributed by atoms with Crippen LogP contribution in [0.25, 0.3) is 0 Å². The fourth-order valence-corrected chi connectivity index (χ4v) is 0.552. The first-order valence-electron chi connectivity index (χ1n) is 4.61. The summed E-state index contributed by atoms with van der Waals surface area (Å²) in [6, 6.07) is 0. The average molecular weight is 236 g/mol. The van der Waals surface area contributed by atoms with E-state index >= 15 is 0 Å². The highest BCUT2D eigenvalue weighted by Gasteiger charge is 2.01. The van der Waals surface area contributed by atoms with E-state index in [2.05, 4.69) is 0 Å². The quantitative estimate of drug-likeness (QED) is 0.483. The molecule has 0 spiro atoms. The van der Waals surface area contributed by atoms with Gasteiger partial charge in [0.2, 0.25) is 0 Å². The third-order valence-corrected chi connectivity index (χ3v) is 1.39. The molecule has 0 saturated heterocycles. The molecule has 0 saturated carbocycles. The third kappa shape index (κ3) is 18.2. The number of aliphatic carboxylic acids is 3. The first kappa shape index (κ1) is 16.8. The molecule has 16 heavy (non-hydrogen) atoms. The number of hydrogen-bond acceptors (Lipinski definition) is 4. The smallest absolute Gasteiger partial charge is 0.332 e. The number of carboxylic acid groups (broad SMARTS) is 3. The lowest BCUT2D eigenvalue weighted by Crippen LogP contribution is -2.13. The fourth-order valence-electron chi connectivity index (χ4n) is 0.552. The monoisotopic (exact) mass is 236 g/mol. The van der Waals surface area contributed by atoms with Gasteiger partial charge in [-0.25, -0.2) is 4.79 Å². The Kier molecular flexibility index (Phi) is 10.4. The van der Waals surface area contributed by atoms with E-state index in [1.54, 1.807) is 0 Å². The molecule has 0 aromatic rings. The number of hydrogen-bond donors (Lipinski definition) is 4. The lowest BCUT2D eigenvalue weighted by Gasteiger charge is -1.92. The topological polar surface area (TPSA) is 132 Å². The van der Waals surface area contributed by atoms with Gasteiger partial charge in [0.1, 0.15) is 6.10 Å². The summed E-state index contributed by atoms with van der Waals surface area (Å²) >= 11 is 0. The van der Waals surface area contributed by atoms with Crippen molar-refractivity contribution >= 4 is 17.9 Å². The van der Waals surface area contributed by atoms with Crippen LogP contribution in [0.2, 0.25) is 0 Å². The maximum Gasteiger partial charge on any atom is 0.332 e. The number of aliphatic hydroxyl groups is 1. The van der Waals surface area contributed by atoms with Crippen molar-refractivity contribution in [3.8, 4) is 0 Å². The van der Waals surface area contributed by atoms with Crippen LogP contribution in [0.15, 0.2) is 0 Å². The molecule has 4 N–H and O–H groups in total. The van der Waals surface area contributed by atoms with Crippen LogP contribution in [-0.2, 0) is 14.4 Å². The minimum atomic E-state index is -1.23. The zero-order valence-electron chi connectivity index (χ0n) is 8.92. The van der Waals surface area contributed by atoms with E-state index in [0.29, 0.717) is 12.8 Å². The number of unbranched alkanes of at least 4 members (excludes halogenated alkanes) is 1. The van der Waals surface area contributed by atoms with Gasteiger partial charge < -0.3 is 20.4 Å². The first-order chi connectivity index (χ1) is 7.27. The Bertz CT molecular complexity index is 218. The van der Waals surface area contributed by atoms with Gasteiger partial charge in [-0.1, -0.05) is 0 Å². The van der Waals surface area contributed by atoms with Crippen molar-refractivity contribution in [2.75, 3.05) is 0 Å². The van der Waals surface area contributed by atoms with Gasteiger partial charge in [-0.15, -0.1) is 0 Å². The van der Waals surface area contributed by atoms with Crippen LogP contribution in [-0.4, -0.2) is 44.4 Å². The molecule has 0 aliphatic heterocycles. The second-order valence-corrected chi connectivity index (χ2v) is 3.01. The maximum atomic E-state index is 9.90. The molecule has 94 valence electrons. The molecule has 0 bridgehead atoms. The highest BCUT2D eigenvalue weighted by atomic mass is 16.4. The largest absolute Gasteiger partial charge is 0.481 e. The lowest BCUT2D eigenvalue weighted by atomic mass is 10.2. The van der Waals surface area contributed by atoms with Crippen LogP contribution in [0.5, 0.6) is 0 Å². The van der Waals surface area contributed by atoms with Gasteiger partial charge >= 0.3 is 17.9 Å². The molecule has 0 aliphatic rings. The molecular formula is C9H16O7. The molecule has 0 aromatic carbocycles. The fraction of sp³-hybridized carbons (Fsp3) is 0.667. The van der Waals surface area contributed by atoms with Gasteiger partial charge in [-0.05, 0) is 19.8 Å². The van der Waals surface area contributed by atoms with Gasteiger partial charge in [-0.3, -0.25) is 9.59 Å². The summed E-state index contributed by atoms with van der Waals surface area (Å²) in [6.45, 7) is 1.20. The van der Waals surface area contributed by atoms with Gasteiger partial charge in [0, 0.05) is 12.8 Å². The van der Waals surface area contributed by atoms with Gasteiger partial charge in [0.25, 0.3) is 0 Å². The van der Waals surface area contributed by atoms with Crippen LogP contribution < -0.4 is 0 Å². The minimum Gasteiger partial charge on any atom is -0.481 e. The molecule has 0 heterocycles. The predicted octanol–water partition coefficient (Wildman–Crippen LogP) is 0.168. The molecular weight excluding hydrogens is 220 g/mol. The molecule has 0 aliphatic carbocycles. The number of rotatable bonds is 6. The highest BCUT2D eigenvalue weighted by molar-refractivity contribution is 5.71. The maximum absolute atomic E-state index is 9.90. The van der Waals surface area contributed by atoms with Crippen molar-refractivity contribution in [3.63, 3.8) is 0 Å². The van der Waals surface area contributed by atoms with Crippen LogP contribution in [0.4, 0.5) is 0 Å². The molecule has 0 amide bonds. The summed E-state index contributed by atoms with van der Waals surface area (Å²) in [5.41, 5.74) is 0. The molecule has 0 fully saturated rings. The molecule has 7 nitrogen and oxygen atoms in total. The Hall–Kier alpha value is -1.63. The molecule has 1 unspecified atom stereocenters. The van der Waals surface area contributed by atoms with E-state index in [1.165, 1.54) is 6.92 Å². The Labute approximate surface area is 92.3 Å². The van der Waals surface area contributed by atoms with Gasteiger partial charge in [-0.2, -0.15) is 0 Å². The lowest BCUT2D eigenvalue weighted by molar-refractivity contribution is -0.145. The Morgan fingerprint density at radius 1 is 0.938 bits per heavy atom. The zero-order valence-corrected chi connectivity index (χ0v) is 8.92. The normalized spacial score (nSPS) is 10.9. The van der Waals surface area contributed by atoms with E-state index in [4.69, 9.17) is 20.4 Å². The van der Waals surface area contributed by atoms with Crippen molar-refractivity contribution in [1.29, 1.82) is 0 Å².